The summed E-state index contributed by atoms with van der Waals surface area (Å²) in [4.78, 5) is 23.3. The van der Waals surface area contributed by atoms with Crippen LogP contribution in [0, 0.1) is 5.82 Å². The highest BCUT2D eigenvalue weighted by Crippen LogP contribution is 2.30. The van der Waals surface area contributed by atoms with Crippen molar-refractivity contribution in [1.29, 1.82) is 0 Å². The maximum Gasteiger partial charge on any atom is 0.471 e. The van der Waals surface area contributed by atoms with E-state index in [0.29, 0.717) is 5.56 Å². The second-order valence-corrected chi connectivity index (χ2v) is 6.79. The average molecular weight is 451 g/mol. The number of hydrogen-bond acceptors (Lipinski definition) is 4. The molecule has 2 N–H and O–H groups in total. The SMILES string of the molecule is O=C1CN(c2cc(CNC(=O)C(F)(F)F)ccc2Cl)NN1c1ccc(Cl)c(F)c1. The predicted octanol–water partition coefficient (Wildman–Crippen LogP) is 3.58. The van der Waals surface area contributed by atoms with Gasteiger partial charge in [-0.15, -0.1) is 5.53 Å². The summed E-state index contributed by atoms with van der Waals surface area (Å²) in [6, 6.07) is 8.08. The Bertz CT molecular complexity index is 971. The van der Waals surface area contributed by atoms with Crippen LogP contribution in [0.1, 0.15) is 5.56 Å². The van der Waals surface area contributed by atoms with Gasteiger partial charge in [0, 0.05) is 12.6 Å². The van der Waals surface area contributed by atoms with Crippen molar-refractivity contribution in [3.63, 3.8) is 0 Å². The number of rotatable bonds is 4. The van der Waals surface area contributed by atoms with Gasteiger partial charge in [0.1, 0.15) is 12.4 Å². The molecule has 0 aliphatic carbocycles. The van der Waals surface area contributed by atoms with Gasteiger partial charge in [0.2, 0.25) is 0 Å². The fraction of sp³-hybridized carbons (Fsp3) is 0.176. The van der Waals surface area contributed by atoms with Crippen molar-refractivity contribution >= 4 is 46.4 Å². The molecule has 1 saturated heterocycles. The lowest BCUT2D eigenvalue weighted by Gasteiger charge is -2.22. The van der Waals surface area contributed by atoms with Crippen LogP contribution in [0.4, 0.5) is 28.9 Å². The Kier molecular flexibility index (Phi) is 5.87. The molecule has 12 heteroatoms. The van der Waals surface area contributed by atoms with Gasteiger partial charge in [0.25, 0.3) is 5.91 Å². The second kappa shape index (κ2) is 8.05. The molecule has 3 rings (SSSR count). The molecular weight excluding hydrogens is 439 g/mol. The molecule has 0 spiro atoms. The molecule has 0 bridgehead atoms. The highest BCUT2D eigenvalue weighted by molar-refractivity contribution is 6.33. The van der Waals surface area contributed by atoms with Gasteiger partial charge in [-0.25, -0.2) is 9.40 Å². The summed E-state index contributed by atoms with van der Waals surface area (Å²) in [7, 11) is 0. The number of nitrogens with one attached hydrogen (secondary N) is 2. The van der Waals surface area contributed by atoms with E-state index in [1.807, 2.05) is 0 Å². The van der Waals surface area contributed by atoms with Gasteiger partial charge >= 0.3 is 12.1 Å². The number of anilines is 2. The standard InChI is InChI=1S/C17H12Cl2F4N4O2/c18-11-4-2-10(6-13(11)20)27-15(28)8-26(25-27)14-5-9(1-3-12(14)19)7-24-16(29)17(21,22)23/h1-6,25H,7-8H2,(H,24,29). The lowest BCUT2D eigenvalue weighted by Crippen LogP contribution is -2.41. The van der Waals surface area contributed by atoms with E-state index in [0.717, 1.165) is 11.1 Å². The molecule has 0 aromatic heterocycles. The van der Waals surface area contributed by atoms with Gasteiger partial charge < -0.3 is 5.32 Å². The van der Waals surface area contributed by atoms with E-state index in [4.69, 9.17) is 23.2 Å². The molecule has 1 aliphatic rings. The van der Waals surface area contributed by atoms with Crippen molar-refractivity contribution in [3.05, 3.63) is 57.8 Å². The fourth-order valence-electron chi connectivity index (χ4n) is 2.54. The molecule has 0 radical (unpaired) electrons. The van der Waals surface area contributed by atoms with Gasteiger partial charge in [-0.05, 0) is 29.8 Å². The molecule has 2 amide bonds. The summed E-state index contributed by atoms with van der Waals surface area (Å²) < 4.78 is 50.6. The van der Waals surface area contributed by atoms with E-state index in [1.54, 1.807) is 5.32 Å². The van der Waals surface area contributed by atoms with Crippen molar-refractivity contribution in [2.75, 3.05) is 16.6 Å². The number of halogens is 6. The molecule has 29 heavy (non-hydrogen) atoms. The zero-order valence-corrected chi connectivity index (χ0v) is 15.9. The van der Waals surface area contributed by atoms with Gasteiger partial charge in [-0.2, -0.15) is 13.2 Å². The molecule has 0 saturated carbocycles. The summed E-state index contributed by atoms with van der Waals surface area (Å²) >= 11 is 11.8. The molecule has 0 unspecified atom stereocenters. The van der Waals surface area contributed by atoms with E-state index >= 15 is 0 Å². The minimum Gasteiger partial charge on any atom is -0.344 e. The molecular formula is C17H12Cl2F4N4O2. The van der Waals surface area contributed by atoms with Crippen molar-refractivity contribution in [1.82, 2.24) is 10.9 Å². The van der Waals surface area contributed by atoms with Crippen LogP contribution in [0.5, 0.6) is 0 Å². The Labute approximate surface area is 171 Å². The Hall–Kier alpha value is -2.56. The number of alkyl halides is 3. The van der Waals surface area contributed by atoms with Crippen LogP contribution in [-0.2, 0) is 16.1 Å². The lowest BCUT2D eigenvalue weighted by atomic mass is 10.2. The third-order valence-electron chi connectivity index (χ3n) is 3.94. The van der Waals surface area contributed by atoms with Crippen LogP contribution in [0.3, 0.4) is 0 Å². The monoisotopic (exact) mass is 450 g/mol. The quantitative estimate of drug-likeness (QED) is 0.698. The average Bonchev–Trinajstić information content (AvgIpc) is 3.03. The third kappa shape index (κ3) is 4.72. The Morgan fingerprint density at radius 1 is 1.14 bits per heavy atom. The molecule has 0 atom stereocenters. The number of amides is 2. The van der Waals surface area contributed by atoms with E-state index in [1.165, 1.54) is 35.3 Å². The molecule has 1 fully saturated rings. The second-order valence-electron chi connectivity index (χ2n) is 5.98. The highest BCUT2D eigenvalue weighted by Gasteiger charge is 2.38. The van der Waals surface area contributed by atoms with Crippen molar-refractivity contribution in [2.24, 2.45) is 0 Å². The highest BCUT2D eigenvalue weighted by atomic mass is 35.5. The Morgan fingerprint density at radius 3 is 2.48 bits per heavy atom. The first-order chi connectivity index (χ1) is 13.6. The molecule has 1 aliphatic heterocycles. The summed E-state index contributed by atoms with van der Waals surface area (Å²) in [6.07, 6.45) is -4.99. The normalized spacial score (nSPS) is 14.5. The van der Waals surface area contributed by atoms with Crippen LogP contribution < -0.4 is 20.9 Å². The van der Waals surface area contributed by atoms with Gasteiger partial charge in [0.15, 0.2) is 0 Å². The topological polar surface area (TPSA) is 64.7 Å². The first-order valence-electron chi connectivity index (χ1n) is 8.01. The molecule has 2 aromatic rings. The van der Waals surface area contributed by atoms with Crippen molar-refractivity contribution in [3.8, 4) is 0 Å². The van der Waals surface area contributed by atoms with E-state index in [2.05, 4.69) is 5.53 Å². The summed E-state index contributed by atoms with van der Waals surface area (Å²) in [5, 5.41) is 4.28. The van der Waals surface area contributed by atoms with Crippen LogP contribution >= 0.6 is 23.2 Å². The summed E-state index contributed by atoms with van der Waals surface area (Å²) in [5.41, 5.74) is 3.54. The van der Waals surface area contributed by atoms with Crippen LogP contribution in [0.25, 0.3) is 0 Å². The van der Waals surface area contributed by atoms with Crippen LogP contribution in [0.2, 0.25) is 10.0 Å². The maximum absolute atomic E-state index is 13.7. The third-order valence-corrected chi connectivity index (χ3v) is 4.56. The maximum atomic E-state index is 13.7. The smallest absolute Gasteiger partial charge is 0.344 e. The zero-order valence-electron chi connectivity index (χ0n) is 14.4. The Balaban J connectivity index is 1.77. The number of carbonyl (C=O) groups is 2. The van der Waals surface area contributed by atoms with Gasteiger partial charge in [-0.3, -0.25) is 14.6 Å². The van der Waals surface area contributed by atoms with Crippen molar-refractivity contribution in [2.45, 2.75) is 12.7 Å². The summed E-state index contributed by atoms with van der Waals surface area (Å²) in [5.74, 6) is -3.21. The number of carbonyl (C=O) groups excluding carboxylic acids is 2. The molecule has 1 heterocycles. The van der Waals surface area contributed by atoms with E-state index < -0.39 is 30.4 Å². The first-order valence-corrected chi connectivity index (χ1v) is 8.77. The largest absolute Gasteiger partial charge is 0.471 e. The minimum absolute atomic E-state index is 0.103. The van der Waals surface area contributed by atoms with Crippen molar-refractivity contribution < 1.29 is 27.2 Å². The first kappa shape index (κ1) is 21.2. The van der Waals surface area contributed by atoms with E-state index in [-0.39, 0.29) is 28.0 Å². The van der Waals surface area contributed by atoms with Gasteiger partial charge in [-0.1, -0.05) is 29.3 Å². The molecule has 2 aromatic carbocycles. The minimum atomic E-state index is -4.99. The molecule has 154 valence electrons. The number of nitrogens with zero attached hydrogens (tertiary/aromatic N) is 2. The number of benzene rings is 2. The predicted molar refractivity (Wildman–Crippen MR) is 98.7 cm³/mol. The lowest BCUT2D eigenvalue weighted by molar-refractivity contribution is -0.173. The fourth-order valence-corrected chi connectivity index (χ4v) is 2.88. The zero-order chi connectivity index (χ0) is 21.3. The number of hydrazine groups is 2. The van der Waals surface area contributed by atoms with Gasteiger partial charge in [0.05, 0.1) is 21.4 Å². The molecule has 6 nitrogen and oxygen atoms in total. The Morgan fingerprint density at radius 2 is 1.83 bits per heavy atom. The van der Waals surface area contributed by atoms with Crippen LogP contribution in [-0.4, -0.2) is 24.5 Å². The van der Waals surface area contributed by atoms with E-state index in [9.17, 15) is 27.2 Å². The van der Waals surface area contributed by atoms with Crippen LogP contribution in [0.15, 0.2) is 36.4 Å². The number of hydrogen-bond donors (Lipinski definition) is 2. The summed E-state index contributed by atoms with van der Waals surface area (Å²) in [6.45, 7) is -0.571.